The van der Waals surface area contributed by atoms with Gasteiger partial charge < -0.3 is 0 Å². The Labute approximate surface area is 83.7 Å². The van der Waals surface area contributed by atoms with E-state index in [1.165, 1.54) is 19.3 Å². The van der Waals surface area contributed by atoms with Gasteiger partial charge in [-0.05, 0) is 36.8 Å². The van der Waals surface area contributed by atoms with Crippen LogP contribution in [0, 0.1) is 0 Å². The van der Waals surface area contributed by atoms with Crippen LogP contribution in [0.3, 0.4) is 0 Å². The highest BCUT2D eigenvalue weighted by atomic mass is 14.1. The average molecular weight is 180 g/mol. The first-order valence-electron chi connectivity index (χ1n) is 5.68. The highest BCUT2D eigenvalue weighted by Gasteiger charge is 2.00. The van der Waals surface area contributed by atoms with Crippen molar-refractivity contribution in [2.24, 2.45) is 0 Å². The van der Waals surface area contributed by atoms with Crippen molar-refractivity contribution in [1.82, 2.24) is 0 Å². The predicted molar refractivity (Wildman–Crippen MR) is 61.9 cm³/mol. The van der Waals surface area contributed by atoms with Crippen LogP contribution in [0.1, 0.15) is 59.8 Å². The van der Waals surface area contributed by atoms with Crippen LogP contribution < -0.4 is 0 Å². The zero-order valence-corrected chi connectivity index (χ0v) is 9.69. The van der Waals surface area contributed by atoms with Crippen molar-refractivity contribution in [2.75, 3.05) is 0 Å². The van der Waals surface area contributed by atoms with Crippen LogP contribution in [0.2, 0.25) is 0 Å². The molecule has 0 bridgehead atoms. The molecular formula is C13H24. The van der Waals surface area contributed by atoms with Crippen molar-refractivity contribution in [2.45, 2.75) is 59.8 Å². The molecule has 0 aromatic carbocycles. The Morgan fingerprint density at radius 3 is 1.77 bits per heavy atom. The number of hydrogen-bond donors (Lipinski definition) is 0. The molecule has 0 rings (SSSR count). The Hall–Kier alpha value is -0.520. The molecule has 0 unspecified atom stereocenters. The van der Waals surface area contributed by atoms with E-state index in [9.17, 15) is 0 Å². The molecule has 0 radical (unpaired) electrons. The lowest BCUT2D eigenvalue weighted by molar-refractivity contribution is 0.880. The molecule has 0 nitrogen and oxygen atoms in total. The van der Waals surface area contributed by atoms with Gasteiger partial charge in [0.15, 0.2) is 0 Å². The van der Waals surface area contributed by atoms with E-state index in [1.807, 2.05) is 0 Å². The maximum atomic E-state index is 2.38. The van der Waals surface area contributed by atoms with E-state index in [1.54, 1.807) is 11.1 Å². The number of rotatable bonds is 6. The third-order valence-corrected chi connectivity index (χ3v) is 2.21. The van der Waals surface area contributed by atoms with Crippen molar-refractivity contribution in [3.63, 3.8) is 0 Å². The van der Waals surface area contributed by atoms with Gasteiger partial charge >= 0.3 is 0 Å². The van der Waals surface area contributed by atoms with Crippen molar-refractivity contribution in [1.29, 1.82) is 0 Å². The zero-order chi connectivity index (χ0) is 10.1. The second-order valence-corrected chi connectivity index (χ2v) is 3.38. The highest BCUT2D eigenvalue weighted by molar-refractivity contribution is 5.30. The molecule has 0 amide bonds. The van der Waals surface area contributed by atoms with Gasteiger partial charge in [-0.3, -0.25) is 0 Å². The topological polar surface area (TPSA) is 0 Å². The molecule has 0 fully saturated rings. The summed E-state index contributed by atoms with van der Waals surface area (Å²) >= 11 is 0. The van der Waals surface area contributed by atoms with Gasteiger partial charge in [0.2, 0.25) is 0 Å². The van der Waals surface area contributed by atoms with Crippen LogP contribution in [0.25, 0.3) is 0 Å². The van der Waals surface area contributed by atoms with Crippen LogP contribution in [-0.4, -0.2) is 0 Å². The third-order valence-electron chi connectivity index (χ3n) is 2.21. The molecular weight excluding hydrogens is 156 g/mol. The summed E-state index contributed by atoms with van der Waals surface area (Å²) in [6.07, 6.45) is 10.8. The van der Waals surface area contributed by atoms with Gasteiger partial charge in [0.1, 0.15) is 0 Å². The number of hydrogen-bond acceptors (Lipinski definition) is 0. The fraction of sp³-hybridized carbons (Fsp3) is 0.692. The Bertz CT molecular complexity index is 172. The first-order valence-corrected chi connectivity index (χ1v) is 5.68. The molecule has 0 aliphatic rings. The quantitative estimate of drug-likeness (QED) is 0.512. The van der Waals surface area contributed by atoms with Gasteiger partial charge in [0.25, 0.3) is 0 Å². The van der Waals surface area contributed by atoms with E-state index in [2.05, 4.69) is 39.8 Å². The van der Waals surface area contributed by atoms with E-state index in [4.69, 9.17) is 0 Å². The van der Waals surface area contributed by atoms with Gasteiger partial charge in [-0.25, -0.2) is 0 Å². The minimum atomic E-state index is 1.16. The van der Waals surface area contributed by atoms with Crippen LogP contribution in [0.15, 0.2) is 23.3 Å². The van der Waals surface area contributed by atoms with Gasteiger partial charge in [-0.2, -0.15) is 0 Å². The molecule has 0 saturated carbocycles. The lowest BCUT2D eigenvalue weighted by Gasteiger charge is -2.09. The molecule has 0 atom stereocenters. The van der Waals surface area contributed by atoms with Crippen molar-refractivity contribution >= 4 is 0 Å². The number of allylic oxidation sites excluding steroid dienone is 4. The zero-order valence-electron chi connectivity index (χ0n) is 9.69. The van der Waals surface area contributed by atoms with E-state index in [0.717, 1.165) is 12.8 Å². The molecule has 0 N–H and O–H groups in total. The van der Waals surface area contributed by atoms with Gasteiger partial charge in [0, 0.05) is 0 Å². The molecule has 0 aromatic rings. The second-order valence-electron chi connectivity index (χ2n) is 3.38. The minimum absolute atomic E-state index is 1.16. The Balaban J connectivity index is 4.49. The van der Waals surface area contributed by atoms with Crippen LogP contribution in [0.5, 0.6) is 0 Å². The summed E-state index contributed by atoms with van der Waals surface area (Å²) in [6, 6.07) is 0. The lowest BCUT2D eigenvalue weighted by Crippen LogP contribution is -1.89. The molecule has 0 heteroatoms. The Morgan fingerprint density at radius 1 is 0.846 bits per heavy atom. The monoisotopic (exact) mass is 180 g/mol. The lowest BCUT2D eigenvalue weighted by atomic mass is 9.97. The molecule has 0 heterocycles. The summed E-state index contributed by atoms with van der Waals surface area (Å²) in [5.41, 5.74) is 3.14. The van der Waals surface area contributed by atoms with Crippen LogP contribution >= 0.6 is 0 Å². The summed E-state index contributed by atoms with van der Waals surface area (Å²) in [5.74, 6) is 0. The highest BCUT2D eigenvalue weighted by Crippen LogP contribution is 2.20. The van der Waals surface area contributed by atoms with E-state index in [-0.39, 0.29) is 0 Å². The Morgan fingerprint density at radius 2 is 1.38 bits per heavy atom. The van der Waals surface area contributed by atoms with Crippen LogP contribution in [-0.2, 0) is 0 Å². The summed E-state index contributed by atoms with van der Waals surface area (Å²) in [5, 5.41) is 0. The fourth-order valence-corrected chi connectivity index (χ4v) is 1.66. The van der Waals surface area contributed by atoms with Crippen molar-refractivity contribution < 1.29 is 0 Å². The fourth-order valence-electron chi connectivity index (χ4n) is 1.66. The summed E-state index contributed by atoms with van der Waals surface area (Å²) in [4.78, 5) is 0. The maximum Gasteiger partial charge on any atom is -0.0282 e. The Kier molecular flexibility index (Phi) is 7.77. The molecule has 76 valence electrons. The van der Waals surface area contributed by atoms with E-state index in [0.29, 0.717) is 0 Å². The van der Waals surface area contributed by atoms with E-state index >= 15 is 0 Å². The van der Waals surface area contributed by atoms with Gasteiger partial charge in [0.05, 0.1) is 0 Å². The predicted octanol–water partition coefficient (Wildman–Crippen LogP) is 4.87. The minimum Gasteiger partial charge on any atom is -0.0813 e. The molecule has 0 aliphatic carbocycles. The van der Waals surface area contributed by atoms with E-state index < -0.39 is 0 Å². The molecule has 0 aliphatic heterocycles. The summed E-state index contributed by atoms with van der Waals surface area (Å²) < 4.78 is 0. The SMILES string of the molecule is CC/C=C(CC)/C(=C/CC)CCC. The molecule has 0 aromatic heterocycles. The van der Waals surface area contributed by atoms with Gasteiger partial charge in [-0.1, -0.05) is 46.3 Å². The first-order chi connectivity index (χ1) is 6.29. The summed E-state index contributed by atoms with van der Waals surface area (Å²) in [6.45, 7) is 8.93. The van der Waals surface area contributed by atoms with Crippen LogP contribution in [0.4, 0.5) is 0 Å². The van der Waals surface area contributed by atoms with Crippen molar-refractivity contribution in [3.8, 4) is 0 Å². The van der Waals surface area contributed by atoms with Gasteiger partial charge in [-0.15, -0.1) is 0 Å². The van der Waals surface area contributed by atoms with Crippen molar-refractivity contribution in [3.05, 3.63) is 23.3 Å². The molecule has 13 heavy (non-hydrogen) atoms. The third kappa shape index (κ3) is 4.92. The molecule has 0 spiro atoms. The maximum absolute atomic E-state index is 2.38. The average Bonchev–Trinajstić information content (AvgIpc) is 2.14. The second kappa shape index (κ2) is 8.10. The largest absolute Gasteiger partial charge is 0.0813 e. The smallest absolute Gasteiger partial charge is 0.0282 e. The summed E-state index contributed by atoms with van der Waals surface area (Å²) in [7, 11) is 0. The standard InChI is InChI=1S/C13H24/c1-5-9-12(8-4)13(10-6-2)11-7-3/h9-10H,5-8,11H2,1-4H3/b12-9+,13-10+. The first kappa shape index (κ1) is 12.5. The molecule has 0 saturated heterocycles. The normalized spacial score (nSPS) is 13.5.